The van der Waals surface area contributed by atoms with E-state index < -0.39 is 0 Å². The van der Waals surface area contributed by atoms with Crippen LogP contribution in [0.25, 0.3) is 0 Å². The number of hydrogen-bond acceptors (Lipinski definition) is 2. The van der Waals surface area contributed by atoms with Gasteiger partial charge >= 0.3 is 0 Å². The van der Waals surface area contributed by atoms with Crippen molar-refractivity contribution in [1.82, 2.24) is 0 Å². The van der Waals surface area contributed by atoms with Gasteiger partial charge < -0.3 is 5.32 Å². The molecule has 0 aliphatic heterocycles. The number of benzene rings is 2. The van der Waals surface area contributed by atoms with Gasteiger partial charge in [0.1, 0.15) is 6.07 Å². The average molecular weight is 343 g/mol. The van der Waals surface area contributed by atoms with Gasteiger partial charge in [-0.2, -0.15) is 5.26 Å². The van der Waals surface area contributed by atoms with E-state index in [-0.39, 0.29) is 6.04 Å². The monoisotopic (exact) mass is 342 g/mol. The summed E-state index contributed by atoms with van der Waals surface area (Å²) in [4.78, 5) is 0. The standard InChI is InChI=1S/C18H19BrN2/c1-11-7-12(2)18(13(3)8-11)14(4)21-16-6-5-15(10-20)17(19)9-16/h5-9,14,21H,1-4H3/t14-/m0/s1. The fraction of sp³-hybridized carbons (Fsp3) is 0.278. The smallest absolute Gasteiger partial charge is 0.100 e. The molecule has 21 heavy (non-hydrogen) atoms. The lowest BCUT2D eigenvalue weighted by Gasteiger charge is -2.21. The first-order valence-electron chi connectivity index (χ1n) is 6.96. The van der Waals surface area contributed by atoms with Crippen molar-refractivity contribution >= 4 is 21.6 Å². The second kappa shape index (κ2) is 6.32. The highest BCUT2D eigenvalue weighted by atomic mass is 79.9. The van der Waals surface area contributed by atoms with Gasteiger partial charge in [-0.15, -0.1) is 0 Å². The van der Waals surface area contributed by atoms with Crippen LogP contribution in [-0.4, -0.2) is 0 Å². The Morgan fingerprint density at radius 1 is 1.10 bits per heavy atom. The van der Waals surface area contributed by atoms with Crippen molar-refractivity contribution in [2.24, 2.45) is 0 Å². The first kappa shape index (κ1) is 15.6. The van der Waals surface area contributed by atoms with E-state index in [4.69, 9.17) is 5.26 Å². The van der Waals surface area contributed by atoms with Crippen molar-refractivity contribution in [3.05, 3.63) is 62.6 Å². The lowest BCUT2D eigenvalue weighted by atomic mass is 9.94. The molecule has 0 aromatic heterocycles. The molecule has 2 aromatic rings. The van der Waals surface area contributed by atoms with E-state index in [0.29, 0.717) is 5.56 Å². The van der Waals surface area contributed by atoms with Crippen molar-refractivity contribution < 1.29 is 0 Å². The quantitative estimate of drug-likeness (QED) is 0.808. The fourth-order valence-electron chi connectivity index (χ4n) is 2.89. The summed E-state index contributed by atoms with van der Waals surface area (Å²) in [5, 5.41) is 12.5. The third-order valence-corrected chi connectivity index (χ3v) is 4.30. The average Bonchev–Trinajstić information content (AvgIpc) is 2.37. The van der Waals surface area contributed by atoms with Gasteiger partial charge in [0.05, 0.1) is 5.56 Å². The molecule has 0 aliphatic rings. The minimum atomic E-state index is 0.213. The molecular formula is C18H19BrN2. The second-order valence-electron chi connectivity index (χ2n) is 5.48. The molecule has 2 rings (SSSR count). The highest BCUT2D eigenvalue weighted by Gasteiger charge is 2.12. The van der Waals surface area contributed by atoms with Crippen LogP contribution in [0, 0.1) is 32.1 Å². The van der Waals surface area contributed by atoms with Gasteiger partial charge in [0, 0.05) is 16.2 Å². The van der Waals surface area contributed by atoms with Crippen LogP contribution in [0.3, 0.4) is 0 Å². The summed E-state index contributed by atoms with van der Waals surface area (Å²) in [6.07, 6.45) is 0. The Balaban J connectivity index is 2.28. The van der Waals surface area contributed by atoms with E-state index in [1.54, 1.807) is 0 Å². The van der Waals surface area contributed by atoms with Crippen molar-refractivity contribution in [3.8, 4) is 6.07 Å². The second-order valence-corrected chi connectivity index (χ2v) is 6.34. The minimum absolute atomic E-state index is 0.213. The van der Waals surface area contributed by atoms with E-state index in [9.17, 15) is 0 Å². The lowest BCUT2D eigenvalue weighted by molar-refractivity contribution is 0.862. The predicted octanol–water partition coefficient (Wildman–Crippen LogP) is 5.42. The van der Waals surface area contributed by atoms with Gasteiger partial charge in [-0.25, -0.2) is 0 Å². The van der Waals surface area contributed by atoms with Crippen LogP contribution in [0.1, 0.15) is 40.8 Å². The highest BCUT2D eigenvalue weighted by Crippen LogP contribution is 2.28. The van der Waals surface area contributed by atoms with Gasteiger partial charge in [-0.3, -0.25) is 0 Å². The van der Waals surface area contributed by atoms with E-state index in [1.807, 2.05) is 18.2 Å². The van der Waals surface area contributed by atoms with Crippen LogP contribution in [0.5, 0.6) is 0 Å². The van der Waals surface area contributed by atoms with Gasteiger partial charge in [-0.05, 0) is 78.5 Å². The largest absolute Gasteiger partial charge is 0.378 e. The first-order valence-corrected chi connectivity index (χ1v) is 7.75. The number of nitrogens with one attached hydrogen (secondary N) is 1. The SMILES string of the molecule is Cc1cc(C)c([C@H](C)Nc2ccc(C#N)c(Br)c2)c(C)c1. The van der Waals surface area contributed by atoms with Gasteiger partial charge in [-0.1, -0.05) is 17.7 Å². The maximum absolute atomic E-state index is 8.97. The molecule has 0 bridgehead atoms. The first-order chi connectivity index (χ1) is 9.92. The molecule has 0 unspecified atom stereocenters. The Bertz CT molecular complexity index is 691. The molecule has 0 saturated carbocycles. The van der Waals surface area contributed by atoms with Crippen LogP contribution < -0.4 is 5.32 Å². The number of hydrogen-bond donors (Lipinski definition) is 1. The Morgan fingerprint density at radius 3 is 2.24 bits per heavy atom. The Hall–Kier alpha value is -1.79. The van der Waals surface area contributed by atoms with Gasteiger partial charge in [0.15, 0.2) is 0 Å². The zero-order valence-corrected chi connectivity index (χ0v) is 14.4. The van der Waals surface area contributed by atoms with Crippen LogP contribution >= 0.6 is 15.9 Å². The molecule has 0 radical (unpaired) electrons. The highest BCUT2D eigenvalue weighted by molar-refractivity contribution is 9.10. The van der Waals surface area contributed by atoms with Crippen LogP contribution in [0.2, 0.25) is 0 Å². The molecule has 108 valence electrons. The summed E-state index contributed by atoms with van der Waals surface area (Å²) in [6.45, 7) is 8.60. The topological polar surface area (TPSA) is 35.8 Å². The zero-order valence-electron chi connectivity index (χ0n) is 12.8. The number of nitrogens with zero attached hydrogens (tertiary/aromatic N) is 1. The molecule has 1 N–H and O–H groups in total. The zero-order chi connectivity index (χ0) is 15.6. The van der Waals surface area contributed by atoms with E-state index >= 15 is 0 Å². The van der Waals surface area contributed by atoms with Crippen LogP contribution in [-0.2, 0) is 0 Å². The molecule has 0 spiro atoms. The van der Waals surface area contributed by atoms with Crippen molar-refractivity contribution in [1.29, 1.82) is 5.26 Å². The van der Waals surface area contributed by atoms with Crippen LogP contribution in [0.4, 0.5) is 5.69 Å². The summed E-state index contributed by atoms with van der Waals surface area (Å²) >= 11 is 3.43. The third kappa shape index (κ3) is 3.46. The molecule has 0 heterocycles. The van der Waals surface area contributed by atoms with E-state index in [0.717, 1.165) is 10.2 Å². The molecule has 0 saturated heterocycles. The summed E-state index contributed by atoms with van der Waals surface area (Å²) < 4.78 is 0.819. The third-order valence-electron chi connectivity index (χ3n) is 3.64. The van der Waals surface area contributed by atoms with Gasteiger partial charge in [0.2, 0.25) is 0 Å². The Morgan fingerprint density at radius 2 is 1.71 bits per heavy atom. The molecule has 0 amide bonds. The van der Waals surface area contributed by atoms with E-state index in [1.165, 1.54) is 22.3 Å². The van der Waals surface area contributed by atoms with Crippen molar-refractivity contribution in [3.63, 3.8) is 0 Å². The molecular weight excluding hydrogens is 324 g/mol. The summed E-state index contributed by atoms with van der Waals surface area (Å²) in [7, 11) is 0. The molecule has 2 aromatic carbocycles. The number of halogens is 1. The molecule has 0 aliphatic carbocycles. The maximum atomic E-state index is 8.97. The van der Waals surface area contributed by atoms with Crippen LogP contribution in [0.15, 0.2) is 34.8 Å². The molecule has 2 nitrogen and oxygen atoms in total. The number of nitriles is 1. The number of anilines is 1. The summed E-state index contributed by atoms with van der Waals surface area (Å²) in [6, 6.07) is 12.5. The Labute approximate surface area is 134 Å². The molecule has 3 heteroatoms. The van der Waals surface area contributed by atoms with E-state index in [2.05, 4.69) is 67.1 Å². The number of rotatable bonds is 3. The maximum Gasteiger partial charge on any atom is 0.100 e. The fourth-order valence-corrected chi connectivity index (χ4v) is 3.36. The summed E-state index contributed by atoms with van der Waals surface area (Å²) in [5.74, 6) is 0. The molecule has 0 fully saturated rings. The Kier molecular flexibility index (Phi) is 4.69. The lowest BCUT2D eigenvalue weighted by Crippen LogP contribution is -2.10. The minimum Gasteiger partial charge on any atom is -0.378 e. The number of aryl methyl sites for hydroxylation is 3. The normalized spacial score (nSPS) is 11.8. The predicted molar refractivity (Wildman–Crippen MR) is 91.5 cm³/mol. The van der Waals surface area contributed by atoms with Gasteiger partial charge in [0.25, 0.3) is 0 Å². The van der Waals surface area contributed by atoms with Crippen molar-refractivity contribution in [2.45, 2.75) is 33.7 Å². The summed E-state index contributed by atoms with van der Waals surface area (Å²) in [5.41, 5.74) is 6.90. The molecule has 1 atom stereocenters. The van der Waals surface area contributed by atoms with Crippen molar-refractivity contribution in [2.75, 3.05) is 5.32 Å².